The maximum atomic E-state index is 12.8. The number of anilines is 2. The Balaban J connectivity index is 1.44. The monoisotopic (exact) mass is 390 g/mol. The molecule has 0 aliphatic carbocycles. The number of carbonyl (C=O) groups excluding carboxylic acids is 2. The molecule has 0 saturated carbocycles. The first kappa shape index (κ1) is 17.7. The normalized spacial score (nSPS) is 17.8. The Morgan fingerprint density at radius 2 is 2.07 bits per heavy atom. The summed E-state index contributed by atoms with van der Waals surface area (Å²) in [5.74, 6) is 1.35. The average molecular weight is 390 g/mol. The maximum Gasteiger partial charge on any atom is 0.255 e. The molecule has 3 aliphatic heterocycles. The van der Waals surface area contributed by atoms with E-state index in [-0.39, 0.29) is 11.8 Å². The summed E-state index contributed by atoms with van der Waals surface area (Å²) in [6, 6.07) is 7.67. The summed E-state index contributed by atoms with van der Waals surface area (Å²) in [7, 11) is 1.81. The Morgan fingerprint density at radius 3 is 2.90 bits per heavy atom. The molecule has 3 aliphatic rings. The van der Waals surface area contributed by atoms with Crippen molar-refractivity contribution in [1.82, 2.24) is 14.8 Å². The van der Waals surface area contributed by atoms with Gasteiger partial charge in [-0.05, 0) is 36.2 Å². The van der Waals surface area contributed by atoms with Gasteiger partial charge in [-0.25, -0.2) is 4.98 Å². The van der Waals surface area contributed by atoms with Crippen LogP contribution in [0.25, 0.3) is 0 Å². The molecule has 0 atom stereocenters. The van der Waals surface area contributed by atoms with Crippen molar-refractivity contribution in [3.63, 3.8) is 0 Å². The van der Waals surface area contributed by atoms with E-state index in [0.717, 1.165) is 29.8 Å². The summed E-state index contributed by atoms with van der Waals surface area (Å²) >= 11 is 0. The minimum Gasteiger partial charge on any atom is -0.488 e. The molecular weight excluding hydrogens is 368 g/mol. The molecule has 2 amide bonds. The Labute approximate surface area is 169 Å². The van der Waals surface area contributed by atoms with E-state index in [0.29, 0.717) is 43.4 Å². The van der Waals surface area contributed by atoms with Gasteiger partial charge in [0.05, 0.1) is 12.1 Å². The topological polar surface area (TPSA) is 66.0 Å². The van der Waals surface area contributed by atoms with E-state index in [1.54, 1.807) is 17.2 Å². The second kappa shape index (κ2) is 6.92. The van der Waals surface area contributed by atoms with Crippen molar-refractivity contribution in [2.24, 2.45) is 0 Å². The van der Waals surface area contributed by atoms with Crippen LogP contribution >= 0.6 is 0 Å². The molecule has 7 nitrogen and oxygen atoms in total. The number of benzene rings is 1. The van der Waals surface area contributed by atoms with E-state index < -0.39 is 0 Å². The fourth-order valence-corrected chi connectivity index (χ4v) is 4.10. The predicted molar refractivity (Wildman–Crippen MR) is 109 cm³/mol. The first-order chi connectivity index (χ1) is 14.1. The summed E-state index contributed by atoms with van der Waals surface area (Å²) in [4.78, 5) is 35.1. The van der Waals surface area contributed by atoms with Gasteiger partial charge in [0, 0.05) is 44.1 Å². The van der Waals surface area contributed by atoms with Crippen molar-refractivity contribution in [1.29, 1.82) is 0 Å². The summed E-state index contributed by atoms with van der Waals surface area (Å²) < 4.78 is 5.83. The van der Waals surface area contributed by atoms with Crippen molar-refractivity contribution >= 4 is 23.3 Å². The summed E-state index contributed by atoms with van der Waals surface area (Å²) in [5.41, 5.74) is 3.30. The van der Waals surface area contributed by atoms with Crippen LogP contribution in [0.5, 0.6) is 5.75 Å². The smallest absolute Gasteiger partial charge is 0.255 e. The molecule has 0 radical (unpaired) electrons. The molecule has 1 aromatic heterocycles. The molecule has 7 heteroatoms. The summed E-state index contributed by atoms with van der Waals surface area (Å²) in [6.45, 7) is 3.14. The first-order valence-corrected chi connectivity index (χ1v) is 9.85. The zero-order chi connectivity index (χ0) is 20.0. The molecule has 148 valence electrons. The second-order valence-electron chi connectivity index (χ2n) is 7.56. The van der Waals surface area contributed by atoms with Crippen LogP contribution in [0.3, 0.4) is 0 Å². The lowest BCUT2D eigenvalue weighted by atomic mass is 10.1. The lowest BCUT2D eigenvalue weighted by Crippen LogP contribution is -2.34. The fourth-order valence-electron chi connectivity index (χ4n) is 4.10. The molecule has 29 heavy (non-hydrogen) atoms. The Morgan fingerprint density at radius 1 is 1.17 bits per heavy atom. The molecule has 4 heterocycles. The SMILES string of the molecule is CN1Cc2cc(N3CCOc4cc(C(=O)N5CC=CCC5)cnc43)ccc2C1=O. The molecule has 0 bridgehead atoms. The molecule has 0 unspecified atom stereocenters. The van der Waals surface area contributed by atoms with Crippen LogP contribution in [0.1, 0.15) is 32.7 Å². The van der Waals surface area contributed by atoms with E-state index in [1.807, 2.05) is 36.2 Å². The molecule has 0 spiro atoms. The van der Waals surface area contributed by atoms with Crippen LogP contribution in [-0.4, -0.2) is 59.9 Å². The highest BCUT2D eigenvalue weighted by molar-refractivity contribution is 5.99. The summed E-state index contributed by atoms with van der Waals surface area (Å²) in [6.07, 6.45) is 6.62. The Bertz CT molecular complexity index is 1030. The average Bonchev–Trinajstić information content (AvgIpc) is 3.06. The van der Waals surface area contributed by atoms with Gasteiger partial charge in [0.1, 0.15) is 6.61 Å². The fraction of sp³-hybridized carbons (Fsp3) is 0.318. The molecule has 5 rings (SSSR count). The van der Waals surface area contributed by atoms with Gasteiger partial charge in [0.15, 0.2) is 11.6 Å². The van der Waals surface area contributed by atoms with Gasteiger partial charge in [-0.1, -0.05) is 12.2 Å². The number of amides is 2. The lowest BCUT2D eigenvalue weighted by Gasteiger charge is -2.31. The minimum absolute atomic E-state index is 0.0237. The highest BCUT2D eigenvalue weighted by atomic mass is 16.5. The number of pyridine rings is 1. The Kier molecular flexibility index (Phi) is 4.23. The number of carbonyl (C=O) groups is 2. The van der Waals surface area contributed by atoms with Gasteiger partial charge in [-0.2, -0.15) is 0 Å². The van der Waals surface area contributed by atoms with Crippen LogP contribution in [0.15, 0.2) is 42.6 Å². The number of rotatable bonds is 2. The van der Waals surface area contributed by atoms with Crippen LogP contribution < -0.4 is 9.64 Å². The van der Waals surface area contributed by atoms with E-state index in [2.05, 4.69) is 16.0 Å². The molecule has 0 N–H and O–H groups in total. The van der Waals surface area contributed by atoms with Crippen molar-refractivity contribution in [2.45, 2.75) is 13.0 Å². The number of fused-ring (bicyclic) bond motifs is 2. The van der Waals surface area contributed by atoms with E-state index in [1.165, 1.54) is 0 Å². The minimum atomic E-state index is -0.0237. The van der Waals surface area contributed by atoms with Gasteiger partial charge < -0.3 is 19.4 Å². The van der Waals surface area contributed by atoms with Crippen LogP contribution in [0.2, 0.25) is 0 Å². The lowest BCUT2D eigenvalue weighted by molar-refractivity contribution is 0.0769. The third-order valence-electron chi connectivity index (χ3n) is 5.64. The highest BCUT2D eigenvalue weighted by Gasteiger charge is 2.28. The number of aromatic nitrogens is 1. The Hall–Kier alpha value is -3.35. The number of nitrogens with zero attached hydrogens (tertiary/aromatic N) is 4. The molecule has 2 aromatic rings. The van der Waals surface area contributed by atoms with Crippen molar-refractivity contribution < 1.29 is 14.3 Å². The van der Waals surface area contributed by atoms with E-state index in [9.17, 15) is 9.59 Å². The predicted octanol–water partition coefficient (Wildman–Crippen LogP) is 2.60. The number of hydrogen-bond acceptors (Lipinski definition) is 5. The van der Waals surface area contributed by atoms with Crippen LogP contribution in [0, 0.1) is 0 Å². The second-order valence-corrected chi connectivity index (χ2v) is 7.56. The van der Waals surface area contributed by atoms with Crippen molar-refractivity contribution in [3.05, 3.63) is 59.3 Å². The van der Waals surface area contributed by atoms with Gasteiger partial charge >= 0.3 is 0 Å². The van der Waals surface area contributed by atoms with Gasteiger partial charge in [-0.3, -0.25) is 9.59 Å². The molecule has 0 fully saturated rings. The highest BCUT2D eigenvalue weighted by Crippen LogP contribution is 2.37. The van der Waals surface area contributed by atoms with E-state index >= 15 is 0 Å². The zero-order valence-electron chi connectivity index (χ0n) is 16.3. The molecule has 1 aromatic carbocycles. The first-order valence-electron chi connectivity index (χ1n) is 9.85. The summed E-state index contributed by atoms with van der Waals surface area (Å²) in [5, 5.41) is 0. The van der Waals surface area contributed by atoms with Gasteiger partial charge in [0.2, 0.25) is 0 Å². The molecule has 0 saturated heterocycles. The number of hydrogen-bond donors (Lipinski definition) is 0. The van der Waals surface area contributed by atoms with Crippen molar-refractivity contribution in [2.75, 3.05) is 38.2 Å². The van der Waals surface area contributed by atoms with Gasteiger partial charge in [-0.15, -0.1) is 0 Å². The zero-order valence-corrected chi connectivity index (χ0v) is 16.3. The van der Waals surface area contributed by atoms with Crippen LogP contribution in [0.4, 0.5) is 11.5 Å². The maximum absolute atomic E-state index is 12.8. The third kappa shape index (κ3) is 3.03. The largest absolute Gasteiger partial charge is 0.488 e. The standard InChI is InChI=1S/C22H22N4O3/c1-24-14-16-11-17(5-6-18(16)22(24)28)26-9-10-29-19-12-15(13-23-20(19)26)21(27)25-7-3-2-4-8-25/h2-3,5-6,11-13H,4,7-10,14H2,1H3. The third-order valence-corrected chi connectivity index (χ3v) is 5.64. The van der Waals surface area contributed by atoms with Crippen LogP contribution in [-0.2, 0) is 6.54 Å². The quantitative estimate of drug-likeness (QED) is 0.738. The molecular formula is C22H22N4O3. The van der Waals surface area contributed by atoms with Gasteiger partial charge in [0.25, 0.3) is 11.8 Å². The van der Waals surface area contributed by atoms with Crippen molar-refractivity contribution in [3.8, 4) is 5.75 Å². The van der Waals surface area contributed by atoms with E-state index in [4.69, 9.17) is 4.74 Å². The number of ether oxygens (including phenoxy) is 1.